The van der Waals surface area contributed by atoms with Crippen LogP contribution < -0.4 is 5.32 Å². The number of carboxylic acids is 1. The van der Waals surface area contributed by atoms with Crippen molar-refractivity contribution in [2.45, 2.75) is 37.6 Å². The number of piperidine rings is 1. The third kappa shape index (κ3) is 2.01. The number of hydrogen-bond donors (Lipinski definition) is 2. The molecule has 1 atom stereocenters. The fourth-order valence-corrected chi connectivity index (χ4v) is 2.82. The fourth-order valence-electron chi connectivity index (χ4n) is 2.82. The molecular weight excluding hydrogens is 194 g/mol. The summed E-state index contributed by atoms with van der Waals surface area (Å²) in [5.74, 6) is -0.432. The number of carboxylic acid groups (broad SMARTS) is 1. The van der Waals surface area contributed by atoms with E-state index in [2.05, 4.69) is 5.32 Å². The normalized spacial score (nSPS) is 33.9. The molecule has 0 saturated carbocycles. The molecule has 2 heterocycles. The van der Waals surface area contributed by atoms with Crippen molar-refractivity contribution >= 4 is 5.97 Å². The van der Waals surface area contributed by atoms with Crippen molar-refractivity contribution in [2.24, 2.45) is 5.92 Å². The third-order valence-electron chi connectivity index (χ3n) is 3.74. The molecule has 4 nitrogen and oxygen atoms in total. The van der Waals surface area contributed by atoms with E-state index >= 15 is 0 Å². The minimum Gasteiger partial charge on any atom is -0.480 e. The Balaban J connectivity index is 2.12. The van der Waals surface area contributed by atoms with E-state index < -0.39 is 11.5 Å². The van der Waals surface area contributed by atoms with Crippen LogP contribution >= 0.6 is 0 Å². The second-order valence-electron chi connectivity index (χ2n) is 4.55. The van der Waals surface area contributed by atoms with Crippen LogP contribution in [0.1, 0.15) is 32.1 Å². The molecule has 0 aliphatic carbocycles. The molecule has 1 unspecified atom stereocenters. The maximum absolute atomic E-state index is 11.5. The summed E-state index contributed by atoms with van der Waals surface area (Å²) in [5.41, 5.74) is -0.665. The predicted molar refractivity (Wildman–Crippen MR) is 55.8 cm³/mol. The van der Waals surface area contributed by atoms with Gasteiger partial charge in [0.1, 0.15) is 5.54 Å². The molecule has 4 heteroatoms. The summed E-state index contributed by atoms with van der Waals surface area (Å²) >= 11 is 0. The first-order valence-corrected chi connectivity index (χ1v) is 5.82. The number of carbonyl (C=O) groups is 1. The van der Waals surface area contributed by atoms with Gasteiger partial charge in [0.05, 0.1) is 0 Å². The molecule has 0 amide bonds. The molecule has 2 aliphatic heterocycles. The van der Waals surface area contributed by atoms with Crippen molar-refractivity contribution in [3.05, 3.63) is 0 Å². The molecule has 0 radical (unpaired) electrons. The molecule has 0 aromatic carbocycles. The number of aliphatic carboxylic acids is 1. The van der Waals surface area contributed by atoms with Crippen LogP contribution in [0.2, 0.25) is 0 Å². The number of nitrogens with one attached hydrogen (secondary N) is 1. The van der Waals surface area contributed by atoms with Crippen LogP contribution in [0.25, 0.3) is 0 Å². The monoisotopic (exact) mass is 213 g/mol. The van der Waals surface area contributed by atoms with E-state index in [4.69, 9.17) is 4.74 Å². The molecule has 2 saturated heterocycles. The van der Waals surface area contributed by atoms with E-state index in [-0.39, 0.29) is 5.92 Å². The summed E-state index contributed by atoms with van der Waals surface area (Å²) in [5, 5.41) is 12.7. The lowest BCUT2D eigenvalue weighted by Crippen LogP contribution is -2.60. The predicted octanol–water partition coefficient (Wildman–Crippen LogP) is 1.01. The molecule has 0 bridgehead atoms. The first kappa shape index (κ1) is 10.9. The Labute approximate surface area is 90.0 Å². The Morgan fingerprint density at radius 3 is 2.60 bits per heavy atom. The molecule has 2 N–H and O–H groups in total. The molecular formula is C11H19NO3. The van der Waals surface area contributed by atoms with Gasteiger partial charge in [-0.1, -0.05) is 0 Å². The highest BCUT2D eigenvalue weighted by Crippen LogP contribution is 2.34. The summed E-state index contributed by atoms with van der Waals surface area (Å²) in [7, 11) is 0. The number of rotatable bonds is 2. The van der Waals surface area contributed by atoms with Crippen LogP contribution in [-0.2, 0) is 9.53 Å². The van der Waals surface area contributed by atoms with Crippen LogP contribution in [-0.4, -0.2) is 36.4 Å². The van der Waals surface area contributed by atoms with Crippen molar-refractivity contribution in [2.75, 3.05) is 19.8 Å². The van der Waals surface area contributed by atoms with Gasteiger partial charge in [-0.2, -0.15) is 0 Å². The van der Waals surface area contributed by atoms with Gasteiger partial charge in [-0.05, 0) is 44.6 Å². The van der Waals surface area contributed by atoms with Gasteiger partial charge in [0.25, 0.3) is 0 Å². The van der Waals surface area contributed by atoms with Crippen LogP contribution in [0, 0.1) is 5.92 Å². The van der Waals surface area contributed by atoms with Crippen LogP contribution in [0.4, 0.5) is 0 Å². The first-order valence-electron chi connectivity index (χ1n) is 5.82. The van der Waals surface area contributed by atoms with Crippen LogP contribution in [0.5, 0.6) is 0 Å². The van der Waals surface area contributed by atoms with Crippen molar-refractivity contribution in [3.63, 3.8) is 0 Å². The Hall–Kier alpha value is -0.610. The fraction of sp³-hybridized carbons (Fsp3) is 0.909. The minimum absolute atomic E-state index is 0.240. The third-order valence-corrected chi connectivity index (χ3v) is 3.74. The van der Waals surface area contributed by atoms with Crippen LogP contribution in [0.3, 0.4) is 0 Å². The highest BCUT2D eigenvalue weighted by atomic mass is 16.5. The van der Waals surface area contributed by atoms with Crippen molar-refractivity contribution in [1.82, 2.24) is 5.32 Å². The molecule has 2 fully saturated rings. The Bertz CT molecular complexity index is 230. The molecule has 0 aromatic rings. The standard InChI is InChI=1S/C11H19NO3/c13-10(14)11(5-1-2-6-12-11)9-3-7-15-8-4-9/h9,12H,1-8H2,(H,13,14). The minimum atomic E-state index is -0.672. The van der Waals surface area contributed by atoms with Crippen molar-refractivity contribution in [3.8, 4) is 0 Å². The molecule has 0 spiro atoms. The average Bonchev–Trinajstić information content (AvgIpc) is 2.31. The smallest absolute Gasteiger partial charge is 0.324 e. The first-order chi connectivity index (χ1) is 7.26. The van der Waals surface area contributed by atoms with Crippen molar-refractivity contribution < 1.29 is 14.6 Å². The largest absolute Gasteiger partial charge is 0.480 e. The molecule has 2 rings (SSSR count). The van der Waals surface area contributed by atoms with Crippen molar-refractivity contribution in [1.29, 1.82) is 0 Å². The lowest BCUT2D eigenvalue weighted by molar-refractivity contribution is -0.150. The zero-order valence-corrected chi connectivity index (χ0v) is 9.00. The lowest BCUT2D eigenvalue weighted by atomic mass is 9.74. The quantitative estimate of drug-likeness (QED) is 0.718. The zero-order valence-electron chi connectivity index (χ0n) is 9.00. The summed E-state index contributed by atoms with van der Waals surface area (Å²) in [6, 6.07) is 0. The molecule has 15 heavy (non-hydrogen) atoms. The zero-order chi connectivity index (χ0) is 10.7. The maximum Gasteiger partial charge on any atom is 0.324 e. The summed E-state index contributed by atoms with van der Waals surface area (Å²) < 4.78 is 5.29. The average molecular weight is 213 g/mol. The maximum atomic E-state index is 11.5. The van der Waals surface area contributed by atoms with E-state index in [1.807, 2.05) is 0 Å². The SMILES string of the molecule is O=C(O)C1(C2CCOCC2)CCCCN1. The van der Waals surface area contributed by atoms with Gasteiger partial charge < -0.3 is 15.2 Å². The summed E-state index contributed by atoms with van der Waals surface area (Å²) in [6.07, 6.45) is 4.64. The number of ether oxygens (including phenoxy) is 1. The molecule has 2 aliphatic rings. The van der Waals surface area contributed by atoms with Gasteiger partial charge >= 0.3 is 5.97 Å². The second-order valence-corrected chi connectivity index (χ2v) is 4.55. The van der Waals surface area contributed by atoms with E-state index in [1.54, 1.807) is 0 Å². The van der Waals surface area contributed by atoms with E-state index in [9.17, 15) is 9.90 Å². The topological polar surface area (TPSA) is 58.6 Å². The Morgan fingerprint density at radius 2 is 2.07 bits per heavy atom. The highest BCUT2D eigenvalue weighted by molar-refractivity contribution is 5.79. The van der Waals surface area contributed by atoms with Gasteiger partial charge in [-0.25, -0.2) is 0 Å². The van der Waals surface area contributed by atoms with Gasteiger partial charge in [0.2, 0.25) is 0 Å². The van der Waals surface area contributed by atoms with E-state index in [1.165, 1.54) is 0 Å². The van der Waals surface area contributed by atoms with Gasteiger partial charge in [-0.3, -0.25) is 4.79 Å². The van der Waals surface area contributed by atoms with Gasteiger partial charge in [-0.15, -0.1) is 0 Å². The summed E-state index contributed by atoms with van der Waals surface area (Å²) in [4.78, 5) is 11.5. The Kier molecular flexibility index (Phi) is 3.26. The number of hydrogen-bond acceptors (Lipinski definition) is 3. The Morgan fingerprint density at radius 1 is 1.33 bits per heavy atom. The van der Waals surface area contributed by atoms with Gasteiger partial charge in [0, 0.05) is 13.2 Å². The summed E-state index contributed by atoms with van der Waals surface area (Å²) in [6.45, 7) is 2.26. The molecule has 0 aromatic heterocycles. The second kappa shape index (κ2) is 4.49. The highest BCUT2D eigenvalue weighted by Gasteiger charge is 2.46. The van der Waals surface area contributed by atoms with E-state index in [0.717, 1.165) is 38.6 Å². The van der Waals surface area contributed by atoms with Gasteiger partial charge in [0.15, 0.2) is 0 Å². The molecule has 86 valence electrons. The lowest BCUT2D eigenvalue weighted by Gasteiger charge is -2.42. The van der Waals surface area contributed by atoms with Crippen LogP contribution in [0.15, 0.2) is 0 Å². The van der Waals surface area contributed by atoms with E-state index in [0.29, 0.717) is 13.2 Å².